The van der Waals surface area contributed by atoms with Crippen molar-refractivity contribution in [3.05, 3.63) is 118 Å². The van der Waals surface area contributed by atoms with Crippen LogP contribution in [0.2, 0.25) is 5.02 Å². The summed E-state index contributed by atoms with van der Waals surface area (Å²) in [5.41, 5.74) is 1.68. The number of aryl methyl sites for hydroxylation is 1. The molecule has 0 unspecified atom stereocenters. The molecular weight excluding hydrogens is 626 g/mol. The first kappa shape index (κ1) is 32.6. The van der Waals surface area contributed by atoms with E-state index in [2.05, 4.69) is 9.97 Å². The monoisotopic (exact) mass is 653 g/mol. The lowest BCUT2D eigenvalue weighted by molar-refractivity contribution is -0.153. The molecule has 46 heavy (non-hydrogen) atoms. The average Bonchev–Trinajstić information content (AvgIpc) is 3.50. The third-order valence-corrected chi connectivity index (χ3v) is 8.08. The summed E-state index contributed by atoms with van der Waals surface area (Å²) in [6, 6.07) is 16.7. The number of benzene rings is 2. The number of pyridine rings is 2. The van der Waals surface area contributed by atoms with Crippen LogP contribution in [0.15, 0.2) is 77.3 Å². The van der Waals surface area contributed by atoms with Crippen molar-refractivity contribution in [2.45, 2.75) is 51.9 Å². The summed E-state index contributed by atoms with van der Waals surface area (Å²) in [6.45, 7) is 4.49. The lowest BCUT2D eigenvalue weighted by Gasteiger charge is -2.24. The van der Waals surface area contributed by atoms with Gasteiger partial charge in [-0.15, -0.1) is 0 Å². The largest absolute Gasteiger partial charge is 0.481 e. The number of alkyl halides is 3. The molecule has 5 rings (SSSR count). The second-order valence-corrected chi connectivity index (χ2v) is 11.7. The number of carboxylic acid groups (broad SMARTS) is 1. The van der Waals surface area contributed by atoms with Gasteiger partial charge in [0.15, 0.2) is 5.82 Å². The van der Waals surface area contributed by atoms with Gasteiger partial charge in [-0.3, -0.25) is 14.6 Å². The highest BCUT2D eigenvalue weighted by molar-refractivity contribution is 6.31. The Kier molecular flexibility index (Phi) is 8.90. The molecular formula is C34H28ClF4N3O4. The highest BCUT2D eigenvalue weighted by Crippen LogP contribution is 2.33. The van der Waals surface area contributed by atoms with Gasteiger partial charge in [-0.05, 0) is 72.9 Å². The molecule has 0 radical (unpaired) electrons. The topological polar surface area (TPSA) is 96.5 Å². The lowest BCUT2D eigenvalue weighted by Crippen LogP contribution is -2.30. The zero-order valence-corrected chi connectivity index (χ0v) is 25.7. The van der Waals surface area contributed by atoms with Crippen LogP contribution in [0.1, 0.15) is 59.5 Å². The number of aliphatic carboxylic acids is 1. The SMILES string of the molecule is CCc1cc(C(=O)N(Cc2ccc(C(F)(F)F)o2)Cc2ccc(-c3cccc(C(C)(C)C(=O)O)c3)cc2Cl)c2nccc(F)c2n1. The van der Waals surface area contributed by atoms with E-state index in [1.54, 1.807) is 57.2 Å². The number of hydrogen-bond donors (Lipinski definition) is 1. The van der Waals surface area contributed by atoms with Crippen LogP contribution in [0, 0.1) is 5.82 Å². The van der Waals surface area contributed by atoms with Gasteiger partial charge in [0.25, 0.3) is 5.91 Å². The average molecular weight is 654 g/mol. The molecule has 0 aliphatic carbocycles. The van der Waals surface area contributed by atoms with Crippen LogP contribution in [-0.4, -0.2) is 31.9 Å². The molecule has 12 heteroatoms. The van der Waals surface area contributed by atoms with Gasteiger partial charge in [-0.25, -0.2) is 9.37 Å². The summed E-state index contributed by atoms with van der Waals surface area (Å²) >= 11 is 6.71. The molecule has 0 aliphatic rings. The number of nitrogens with zero attached hydrogens (tertiary/aromatic N) is 3. The summed E-state index contributed by atoms with van der Waals surface area (Å²) in [7, 11) is 0. The number of carbonyl (C=O) groups is 2. The fourth-order valence-corrected chi connectivity index (χ4v) is 5.17. The fourth-order valence-electron chi connectivity index (χ4n) is 4.93. The maximum atomic E-state index is 14.7. The van der Waals surface area contributed by atoms with Gasteiger partial charge in [0, 0.05) is 23.5 Å². The molecule has 0 atom stereocenters. The van der Waals surface area contributed by atoms with Gasteiger partial charge in [0.05, 0.1) is 17.5 Å². The van der Waals surface area contributed by atoms with Crippen LogP contribution in [-0.2, 0) is 35.9 Å². The molecule has 0 spiro atoms. The maximum Gasteiger partial charge on any atom is 0.449 e. The first-order chi connectivity index (χ1) is 21.7. The molecule has 0 saturated heterocycles. The predicted molar refractivity (Wildman–Crippen MR) is 164 cm³/mol. The Bertz CT molecular complexity index is 1960. The molecule has 2 aromatic carbocycles. The number of furan rings is 1. The van der Waals surface area contributed by atoms with Gasteiger partial charge in [-0.2, -0.15) is 13.2 Å². The van der Waals surface area contributed by atoms with Crippen LogP contribution in [0.5, 0.6) is 0 Å². The predicted octanol–water partition coefficient (Wildman–Crippen LogP) is 8.47. The van der Waals surface area contributed by atoms with Crippen molar-refractivity contribution in [3.8, 4) is 11.1 Å². The fraction of sp³-hybridized carbons (Fsp3) is 0.235. The second kappa shape index (κ2) is 12.6. The minimum atomic E-state index is -4.72. The quantitative estimate of drug-likeness (QED) is 0.160. The number of carboxylic acids is 1. The number of carbonyl (C=O) groups excluding carboxylic acids is 1. The number of rotatable bonds is 9. The van der Waals surface area contributed by atoms with Crippen molar-refractivity contribution < 1.29 is 36.7 Å². The van der Waals surface area contributed by atoms with Crippen molar-refractivity contribution in [3.63, 3.8) is 0 Å². The van der Waals surface area contributed by atoms with E-state index in [-0.39, 0.29) is 40.5 Å². The number of hydrogen-bond acceptors (Lipinski definition) is 5. The molecule has 0 bridgehead atoms. The summed E-state index contributed by atoms with van der Waals surface area (Å²) < 4.78 is 59.6. The Hall–Kier alpha value is -4.77. The maximum absolute atomic E-state index is 14.7. The molecule has 5 aromatic rings. The number of amides is 1. The zero-order valence-electron chi connectivity index (χ0n) is 25.0. The van der Waals surface area contributed by atoms with Crippen molar-refractivity contribution >= 4 is 34.5 Å². The van der Waals surface area contributed by atoms with Crippen molar-refractivity contribution in [2.24, 2.45) is 0 Å². The van der Waals surface area contributed by atoms with Crippen molar-refractivity contribution in [2.75, 3.05) is 0 Å². The summed E-state index contributed by atoms with van der Waals surface area (Å²) in [4.78, 5) is 35.6. The summed E-state index contributed by atoms with van der Waals surface area (Å²) in [5.74, 6) is -3.63. The van der Waals surface area contributed by atoms with E-state index >= 15 is 0 Å². The molecule has 0 saturated carbocycles. The van der Waals surface area contributed by atoms with Gasteiger partial charge >= 0.3 is 12.1 Å². The van der Waals surface area contributed by atoms with Crippen LogP contribution in [0.25, 0.3) is 22.2 Å². The standard InChI is InChI=1S/C34H28ClF4N3O4/c1-4-23-16-25(29-30(41-23)27(36)12-13-40-29)31(43)42(18-24-10-11-28(46-24)34(37,38)39)17-21-9-8-20(15-26(21)35)19-6-5-7-22(14-19)33(2,3)32(44)45/h5-16H,4,17-18H2,1-3H3,(H,44,45). The van der Waals surface area contributed by atoms with Crippen LogP contribution < -0.4 is 0 Å². The van der Waals surface area contributed by atoms with E-state index in [9.17, 15) is 32.3 Å². The van der Waals surface area contributed by atoms with Crippen LogP contribution in [0.3, 0.4) is 0 Å². The minimum Gasteiger partial charge on any atom is -0.481 e. The van der Waals surface area contributed by atoms with E-state index < -0.39 is 35.0 Å². The Morgan fingerprint density at radius 3 is 2.35 bits per heavy atom. The molecule has 3 aromatic heterocycles. The first-order valence-corrected chi connectivity index (χ1v) is 14.6. The Balaban J connectivity index is 1.54. The molecule has 3 heterocycles. The van der Waals surface area contributed by atoms with Crippen molar-refractivity contribution in [1.29, 1.82) is 0 Å². The van der Waals surface area contributed by atoms with E-state index in [1.165, 1.54) is 17.2 Å². The highest BCUT2D eigenvalue weighted by atomic mass is 35.5. The highest BCUT2D eigenvalue weighted by Gasteiger charge is 2.35. The number of halogens is 5. The first-order valence-electron chi connectivity index (χ1n) is 14.2. The zero-order chi connectivity index (χ0) is 33.4. The third kappa shape index (κ3) is 6.60. The van der Waals surface area contributed by atoms with Crippen LogP contribution in [0.4, 0.5) is 17.6 Å². The molecule has 1 amide bonds. The van der Waals surface area contributed by atoms with Gasteiger partial charge < -0.3 is 14.4 Å². The smallest absolute Gasteiger partial charge is 0.449 e. The minimum absolute atomic E-state index is 0.00763. The molecule has 0 aliphatic heterocycles. The summed E-state index contributed by atoms with van der Waals surface area (Å²) in [6.07, 6.45) is -3.13. The van der Waals surface area contributed by atoms with Crippen LogP contribution >= 0.6 is 11.6 Å². The Morgan fingerprint density at radius 2 is 1.70 bits per heavy atom. The lowest BCUT2D eigenvalue weighted by atomic mass is 9.83. The number of fused-ring (bicyclic) bond motifs is 1. The molecule has 0 fully saturated rings. The normalized spacial score (nSPS) is 12.0. The molecule has 1 N–H and O–H groups in total. The Labute approximate surface area is 266 Å². The van der Waals surface area contributed by atoms with Crippen molar-refractivity contribution in [1.82, 2.24) is 14.9 Å². The number of aromatic nitrogens is 2. The van der Waals surface area contributed by atoms with E-state index in [0.717, 1.165) is 18.2 Å². The third-order valence-electron chi connectivity index (χ3n) is 7.73. The molecule has 238 valence electrons. The van der Waals surface area contributed by atoms with E-state index in [4.69, 9.17) is 16.0 Å². The van der Waals surface area contributed by atoms with E-state index in [1.807, 2.05) is 6.07 Å². The van der Waals surface area contributed by atoms with Gasteiger partial charge in [0.2, 0.25) is 5.76 Å². The Morgan fingerprint density at radius 1 is 0.957 bits per heavy atom. The van der Waals surface area contributed by atoms with E-state index in [0.29, 0.717) is 34.4 Å². The molecule has 7 nitrogen and oxygen atoms in total. The van der Waals surface area contributed by atoms with Gasteiger partial charge in [-0.1, -0.05) is 54.9 Å². The van der Waals surface area contributed by atoms with Gasteiger partial charge in [0.1, 0.15) is 16.8 Å². The second-order valence-electron chi connectivity index (χ2n) is 11.2. The summed E-state index contributed by atoms with van der Waals surface area (Å²) in [5, 5.41) is 9.91.